The number of hydrogen-bond donors (Lipinski definition) is 3. The monoisotopic (exact) mass is 344 g/mol. The lowest BCUT2D eigenvalue weighted by atomic mass is 10.1. The number of β-amino-alcohol motifs (C(OH)–C–C–N with tert-alkyl or cyclic N) is 1. The third-order valence-corrected chi connectivity index (χ3v) is 4.58. The molecule has 0 radical (unpaired) electrons. The van der Waals surface area contributed by atoms with Crippen LogP contribution in [0.4, 0.5) is 5.69 Å². The Bertz CT molecular complexity index is 768. The van der Waals surface area contributed by atoms with Crippen LogP contribution in [0.15, 0.2) is 53.6 Å². The third-order valence-electron chi connectivity index (χ3n) is 3.65. The number of carbonyl (C=O) groups is 2. The standard InChI is InChI=1S/C17H16N2O4S/c20-8-7-19-15(21)10-13(17(19)23)18-12-5-3-11(4-6-12)16(22)14-2-1-9-24-14/h1-6,9-10,16,18,20,22H,7-8H2. The quantitative estimate of drug-likeness (QED) is 0.691. The highest BCUT2D eigenvalue weighted by Crippen LogP contribution is 2.27. The predicted molar refractivity (Wildman–Crippen MR) is 90.3 cm³/mol. The molecule has 0 bridgehead atoms. The number of nitrogens with zero attached hydrogens (tertiary/aromatic N) is 1. The molecule has 1 aliphatic heterocycles. The molecule has 1 unspecified atom stereocenters. The van der Waals surface area contributed by atoms with E-state index in [0.29, 0.717) is 5.69 Å². The Morgan fingerprint density at radius 1 is 1.17 bits per heavy atom. The summed E-state index contributed by atoms with van der Waals surface area (Å²) in [4.78, 5) is 25.6. The van der Waals surface area contributed by atoms with Gasteiger partial charge >= 0.3 is 0 Å². The van der Waals surface area contributed by atoms with Crippen molar-refractivity contribution in [1.82, 2.24) is 4.90 Å². The molecule has 3 N–H and O–H groups in total. The van der Waals surface area contributed by atoms with Gasteiger partial charge in [-0.2, -0.15) is 0 Å². The number of benzene rings is 1. The third kappa shape index (κ3) is 3.23. The first kappa shape index (κ1) is 16.4. The molecule has 2 aromatic rings. The molecular weight excluding hydrogens is 328 g/mol. The maximum absolute atomic E-state index is 12.1. The van der Waals surface area contributed by atoms with Crippen molar-refractivity contribution in [3.05, 3.63) is 64.0 Å². The molecule has 2 amide bonds. The molecule has 0 fully saturated rings. The average Bonchev–Trinajstić information content (AvgIpc) is 3.20. The first-order chi connectivity index (χ1) is 11.6. The lowest BCUT2D eigenvalue weighted by molar-refractivity contribution is -0.137. The number of imide groups is 1. The maximum Gasteiger partial charge on any atom is 0.277 e. The average molecular weight is 344 g/mol. The number of carbonyl (C=O) groups excluding carboxylic acids is 2. The second kappa shape index (κ2) is 6.96. The van der Waals surface area contributed by atoms with Gasteiger partial charge in [-0.05, 0) is 29.1 Å². The molecule has 2 heterocycles. The van der Waals surface area contributed by atoms with Crippen LogP contribution in [0.3, 0.4) is 0 Å². The van der Waals surface area contributed by atoms with Gasteiger partial charge in [-0.1, -0.05) is 18.2 Å². The van der Waals surface area contributed by atoms with Crippen LogP contribution in [0.2, 0.25) is 0 Å². The second-order valence-corrected chi connectivity index (χ2v) is 6.22. The van der Waals surface area contributed by atoms with Gasteiger partial charge in [-0.3, -0.25) is 14.5 Å². The fraction of sp³-hybridized carbons (Fsp3) is 0.176. The van der Waals surface area contributed by atoms with E-state index < -0.39 is 17.9 Å². The summed E-state index contributed by atoms with van der Waals surface area (Å²) in [5.74, 6) is -0.905. The highest BCUT2D eigenvalue weighted by molar-refractivity contribution is 7.10. The maximum atomic E-state index is 12.1. The minimum absolute atomic E-state index is 0.0225. The van der Waals surface area contributed by atoms with Gasteiger partial charge in [-0.25, -0.2) is 0 Å². The van der Waals surface area contributed by atoms with Gasteiger partial charge in [0.2, 0.25) is 0 Å². The summed E-state index contributed by atoms with van der Waals surface area (Å²) in [6.07, 6.45) is 0.528. The van der Waals surface area contributed by atoms with Gasteiger partial charge in [0.05, 0.1) is 13.2 Å². The van der Waals surface area contributed by atoms with E-state index >= 15 is 0 Å². The molecule has 0 aliphatic carbocycles. The largest absolute Gasteiger partial charge is 0.395 e. The number of hydrogen-bond acceptors (Lipinski definition) is 6. The van der Waals surface area contributed by atoms with Crippen molar-refractivity contribution < 1.29 is 19.8 Å². The van der Waals surface area contributed by atoms with Gasteiger partial charge in [0, 0.05) is 16.6 Å². The molecule has 1 aromatic heterocycles. The van der Waals surface area contributed by atoms with E-state index in [4.69, 9.17) is 5.11 Å². The van der Waals surface area contributed by atoms with Crippen molar-refractivity contribution in [1.29, 1.82) is 0 Å². The van der Waals surface area contributed by atoms with Crippen LogP contribution < -0.4 is 5.32 Å². The van der Waals surface area contributed by atoms with E-state index in [-0.39, 0.29) is 18.8 Å². The normalized spacial score (nSPS) is 15.6. The molecule has 0 saturated carbocycles. The summed E-state index contributed by atoms with van der Waals surface area (Å²) in [7, 11) is 0. The minimum atomic E-state index is -0.687. The lowest BCUT2D eigenvalue weighted by Crippen LogP contribution is -2.34. The number of amides is 2. The summed E-state index contributed by atoms with van der Waals surface area (Å²) in [5.41, 5.74) is 1.54. The summed E-state index contributed by atoms with van der Waals surface area (Å²) in [6.45, 7) is -0.292. The van der Waals surface area contributed by atoms with E-state index in [1.807, 2.05) is 17.5 Å². The van der Waals surface area contributed by atoms with Gasteiger partial charge in [-0.15, -0.1) is 11.3 Å². The number of thiophene rings is 1. The lowest BCUT2D eigenvalue weighted by Gasteiger charge is -2.14. The molecule has 7 heteroatoms. The summed E-state index contributed by atoms with van der Waals surface area (Å²) < 4.78 is 0. The van der Waals surface area contributed by atoms with Crippen molar-refractivity contribution in [3.8, 4) is 0 Å². The van der Waals surface area contributed by atoms with Gasteiger partial charge in [0.25, 0.3) is 11.8 Å². The molecule has 0 saturated heterocycles. The Morgan fingerprint density at radius 3 is 2.54 bits per heavy atom. The van der Waals surface area contributed by atoms with Crippen LogP contribution in [0.1, 0.15) is 16.5 Å². The van der Waals surface area contributed by atoms with Crippen LogP contribution >= 0.6 is 11.3 Å². The zero-order valence-corrected chi connectivity index (χ0v) is 13.5. The number of anilines is 1. The topological polar surface area (TPSA) is 89.9 Å². The van der Waals surface area contributed by atoms with E-state index in [0.717, 1.165) is 15.3 Å². The fourth-order valence-corrected chi connectivity index (χ4v) is 3.16. The Balaban J connectivity index is 1.70. The molecule has 0 spiro atoms. The molecule has 1 atom stereocenters. The minimum Gasteiger partial charge on any atom is -0.395 e. The Labute approximate surface area is 142 Å². The Hall–Kier alpha value is -2.48. The van der Waals surface area contributed by atoms with Crippen LogP contribution in [-0.2, 0) is 9.59 Å². The molecular formula is C17H16N2O4S. The van der Waals surface area contributed by atoms with Crippen LogP contribution in [0.5, 0.6) is 0 Å². The first-order valence-corrected chi connectivity index (χ1v) is 8.25. The zero-order chi connectivity index (χ0) is 17.1. The fourth-order valence-electron chi connectivity index (χ4n) is 2.43. The van der Waals surface area contributed by atoms with Crippen molar-refractivity contribution in [2.75, 3.05) is 18.5 Å². The van der Waals surface area contributed by atoms with Crippen molar-refractivity contribution in [2.45, 2.75) is 6.10 Å². The Kier molecular flexibility index (Phi) is 4.75. The van der Waals surface area contributed by atoms with Gasteiger partial charge < -0.3 is 15.5 Å². The molecule has 24 heavy (non-hydrogen) atoms. The predicted octanol–water partition coefficient (Wildman–Crippen LogP) is 1.49. The molecule has 1 aliphatic rings. The number of aliphatic hydroxyl groups is 2. The van der Waals surface area contributed by atoms with Crippen molar-refractivity contribution in [2.24, 2.45) is 0 Å². The molecule has 1 aromatic carbocycles. The van der Waals surface area contributed by atoms with Crippen molar-refractivity contribution in [3.63, 3.8) is 0 Å². The van der Waals surface area contributed by atoms with E-state index in [1.54, 1.807) is 24.3 Å². The molecule has 6 nitrogen and oxygen atoms in total. The van der Waals surface area contributed by atoms with E-state index in [1.165, 1.54) is 17.4 Å². The molecule has 124 valence electrons. The van der Waals surface area contributed by atoms with Crippen molar-refractivity contribution >= 4 is 28.8 Å². The van der Waals surface area contributed by atoms with Gasteiger partial charge in [0.1, 0.15) is 11.8 Å². The van der Waals surface area contributed by atoms with E-state index in [2.05, 4.69) is 5.32 Å². The Morgan fingerprint density at radius 2 is 1.92 bits per heavy atom. The number of rotatable bonds is 6. The molecule has 3 rings (SSSR count). The zero-order valence-electron chi connectivity index (χ0n) is 12.7. The SMILES string of the molecule is O=C1C=C(Nc2ccc(C(O)c3cccs3)cc2)C(=O)N1CCO. The summed E-state index contributed by atoms with van der Waals surface area (Å²) >= 11 is 1.48. The van der Waals surface area contributed by atoms with E-state index in [9.17, 15) is 14.7 Å². The van der Waals surface area contributed by atoms with Crippen LogP contribution in [0, 0.1) is 0 Å². The van der Waals surface area contributed by atoms with Gasteiger partial charge in [0.15, 0.2) is 0 Å². The number of aliphatic hydroxyl groups excluding tert-OH is 2. The van der Waals surface area contributed by atoms with Crippen LogP contribution in [-0.4, -0.2) is 40.1 Å². The highest BCUT2D eigenvalue weighted by Gasteiger charge is 2.30. The first-order valence-electron chi connectivity index (χ1n) is 7.37. The highest BCUT2D eigenvalue weighted by atomic mass is 32.1. The number of nitrogens with one attached hydrogen (secondary N) is 1. The summed E-state index contributed by atoms with van der Waals surface area (Å²) in [6, 6.07) is 10.7. The van der Waals surface area contributed by atoms with Crippen LogP contribution in [0.25, 0.3) is 0 Å². The smallest absolute Gasteiger partial charge is 0.277 e. The second-order valence-electron chi connectivity index (χ2n) is 5.24. The summed E-state index contributed by atoms with van der Waals surface area (Å²) in [5, 5.41) is 24.0.